The number of amides is 1. The van der Waals surface area contributed by atoms with Crippen molar-refractivity contribution in [3.05, 3.63) is 96.3 Å². The summed E-state index contributed by atoms with van der Waals surface area (Å²) in [5.74, 6) is -0.0171. The molecule has 0 unspecified atom stereocenters. The van der Waals surface area contributed by atoms with E-state index in [9.17, 15) is 9.18 Å². The number of rotatable bonds is 8. The third kappa shape index (κ3) is 5.75. The minimum Gasteiger partial charge on any atom is -0.462 e. The summed E-state index contributed by atoms with van der Waals surface area (Å²) in [4.78, 5) is 16.7. The van der Waals surface area contributed by atoms with Crippen molar-refractivity contribution in [1.29, 1.82) is 0 Å². The third-order valence-corrected chi connectivity index (χ3v) is 4.85. The lowest BCUT2D eigenvalue weighted by atomic mass is 10.2. The van der Waals surface area contributed by atoms with E-state index in [0.29, 0.717) is 35.3 Å². The van der Waals surface area contributed by atoms with Crippen LogP contribution < -0.4 is 10.1 Å². The molecule has 4 aromatic rings. The highest BCUT2D eigenvalue weighted by Gasteiger charge is 2.18. The van der Waals surface area contributed by atoms with Crippen LogP contribution in [0.2, 0.25) is 0 Å². The highest BCUT2D eigenvalue weighted by Crippen LogP contribution is 2.26. The van der Waals surface area contributed by atoms with Gasteiger partial charge in [-0.2, -0.15) is 4.98 Å². The number of halogens is 1. The zero-order chi connectivity index (χ0) is 23.9. The Labute approximate surface area is 197 Å². The van der Waals surface area contributed by atoms with E-state index in [2.05, 4.69) is 15.4 Å². The lowest BCUT2D eigenvalue weighted by Crippen LogP contribution is -2.08. The topological polar surface area (TPSA) is 69.0 Å². The maximum atomic E-state index is 14.5. The molecule has 6 nitrogen and oxygen atoms in total. The molecule has 7 heteroatoms. The maximum absolute atomic E-state index is 14.5. The lowest BCUT2D eigenvalue weighted by molar-refractivity contribution is -0.111. The van der Waals surface area contributed by atoms with Crippen LogP contribution in [0.4, 0.5) is 10.1 Å². The van der Waals surface area contributed by atoms with Crippen molar-refractivity contribution in [1.82, 2.24) is 14.8 Å². The van der Waals surface area contributed by atoms with Crippen molar-refractivity contribution < 1.29 is 13.9 Å². The molecule has 1 N–H and O–H groups in total. The fourth-order valence-electron chi connectivity index (χ4n) is 3.20. The van der Waals surface area contributed by atoms with Gasteiger partial charge in [-0.15, -0.1) is 5.10 Å². The van der Waals surface area contributed by atoms with Gasteiger partial charge in [0.15, 0.2) is 5.82 Å². The van der Waals surface area contributed by atoms with E-state index in [1.165, 1.54) is 16.8 Å². The van der Waals surface area contributed by atoms with Crippen LogP contribution in [0.25, 0.3) is 23.2 Å². The molecule has 1 heterocycles. The Kier molecular flexibility index (Phi) is 7.13. The number of carbonyl (C=O) groups excluding carboxylic acids is 1. The second kappa shape index (κ2) is 10.6. The van der Waals surface area contributed by atoms with E-state index in [-0.39, 0.29) is 11.9 Å². The molecule has 1 aromatic heterocycles. The molecular weight excluding hydrogens is 431 g/mol. The van der Waals surface area contributed by atoms with Crippen molar-refractivity contribution in [3.8, 4) is 23.1 Å². The summed E-state index contributed by atoms with van der Waals surface area (Å²) in [5.41, 5.74) is 2.53. The molecule has 0 radical (unpaired) electrons. The van der Waals surface area contributed by atoms with Gasteiger partial charge in [0.25, 0.3) is 0 Å². The summed E-state index contributed by atoms with van der Waals surface area (Å²) < 4.78 is 21.7. The van der Waals surface area contributed by atoms with E-state index in [4.69, 9.17) is 4.74 Å². The number of anilines is 1. The van der Waals surface area contributed by atoms with Crippen molar-refractivity contribution in [3.63, 3.8) is 0 Å². The first-order valence-electron chi connectivity index (χ1n) is 11.0. The number of nitrogens with one attached hydrogen (secondary N) is 1. The molecule has 0 aliphatic carbocycles. The van der Waals surface area contributed by atoms with Gasteiger partial charge in [0.2, 0.25) is 5.91 Å². The number of ether oxygens (including phenoxy) is 1. The fourth-order valence-corrected chi connectivity index (χ4v) is 3.20. The zero-order valence-corrected chi connectivity index (χ0v) is 19.0. The molecule has 1 amide bonds. The number of aromatic nitrogens is 3. The van der Waals surface area contributed by atoms with E-state index < -0.39 is 5.82 Å². The minimum absolute atomic E-state index is 0.176. The molecule has 0 fully saturated rings. The van der Waals surface area contributed by atoms with Gasteiger partial charge in [0.1, 0.15) is 5.82 Å². The average Bonchev–Trinajstić information content (AvgIpc) is 3.27. The van der Waals surface area contributed by atoms with Crippen LogP contribution >= 0.6 is 0 Å². The molecule has 0 aliphatic heterocycles. The van der Waals surface area contributed by atoms with Gasteiger partial charge in [-0.3, -0.25) is 4.79 Å². The molecule has 0 aliphatic rings. The quantitative estimate of drug-likeness (QED) is 0.342. The third-order valence-electron chi connectivity index (χ3n) is 4.85. The SMILES string of the molecule is CC(C)COc1nc(-c2ccccc2F)n(-c2ccc(NC(=O)C=Cc3ccccc3)cc2)n1. The molecule has 0 atom stereocenters. The van der Waals surface area contributed by atoms with Gasteiger partial charge >= 0.3 is 6.01 Å². The number of nitrogens with zero attached hydrogens (tertiary/aromatic N) is 3. The highest BCUT2D eigenvalue weighted by atomic mass is 19.1. The van der Waals surface area contributed by atoms with E-state index in [1.54, 1.807) is 48.5 Å². The zero-order valence-electron chi connectivity index (χ0n) is 19.0. The molecule has 0 saturated carbocycles. The van der Waals surface area contributed by atoms with E-state index in [1.807, 2.05) is 44.2 Å². The van der Waals surface area contributed by atoms with Gasteiger partial charge in [-0.05, 0) is 54.0 Å². The molecule has 3 aromatic carbocycles. The smallest absolute Gasteiger partial charge is 0.336 e. The van der Waals surface area contributed by atoms with Crippen LogP contribution in [0.5, 0.6) is 6.01 Å². The maximum Gasteiger partial charge on any atom is 0.336 e. The number of hydrogen-bond acceptors (Lipinski definition) is 4. The summed E-state index contributed by atoms with van der Waals surface area (Å²) in [6, 6.07) is 23.2. The molecular formula is C27H25FN4O2. The van der Waals surface area contributed by atoms with E-state index >= 15 is 0 Å². The van der Waals surface area contributed by atoms with Crippen LogP contribution in [0, 0.1) is 11.7 Å². The van der Waals surface area contributed by atoms with Crippen LogP contribution in [-0.2, 0) is 4.79 Å². The first kappa shape index (κ1) is 22.9. The Bertz CT molecular complexity index is 1280. The summed E-state index contributed by atoms with van der Waals surface area (Å²) in [6.07, 6.45) is 3.23. The Balaban J connectivity index is 1.56. The summed E-state index contributed by atoms with van der Waals surface area (Å²) >= 11 is 0. The Morgan fingerprint density at radius 1 is 1.03 bits per heavy atom. The van der Waals surface area contributed by atoms with Crippen molar-refractivity contribution >= 4 is 17.7 Å². The van der Waals surface area contributed by atoms with Crippen LogP contribution in [-0.4, -0.2) is 27.3 Å². The standard InChI is InChI=1S/C27H25FN4O2/c1-19(2)18-34-27-30-26(23-10-6-7-11-24(23)28)32(31-27)22-15-13-21(14-16-22)29-25(33)17-12-20-8-4-3-5-9-20/h3-17,19H,18H2,1-2H3,(H,29,33). The van der Waals surface area contributed by atoms with Gasteiger partial charge in [-0.1, -0.05) is 56.3 Å². The molecule has 4 rings (SSSR count). The number of carbonyl (C=O) groups is 1. The Hall–Kier alpha value is -4.26. The lowest BCUT2D eigenvalue weighted by Gasteiger charge is -2.08. The van der Waals surface area contributed by atoms with Gasteiger partial charge in [-0.25, -0.2) is 9.07 Å². The van der Waals surface area contributed by atoms with Gasteiger partial charge in [0, 0.05) is 11.8 Å². The van der Waals surface area contributed by atoms with Crippen LogP contribution in [0.3, 0.4) is 0 Å². The summed E-state index contributed by atoms with van der Waals surface area (Å²) in [5, 5.41) is 7.27. The van der Waals surface area contributed by atoms with E-state index in [0.717, 1.165) is 5.56 Å². The second-order valence-corrected chi connectivity index (χ2v) is 8.09. The van der Waals surface area contributed by atoms with Crippen molar-refractivity contribution in [2.24, 2.45) is 5.92 Å². The molecule has 0 bridgehead atoms. The molecule has 34 heavy (non-hydrogen) atoms. The Morgan fingerprint density at radius 2 is 1.74 bits per heavy atom. The fraction of sp³-hybridized carbons (Fsp3) is 0.148. The normalized spacial score (nSPS) is 11.2. The van der Waals surface area contributed by atoms with Crippen LogP contribution in [0.1, 0.15) is 19.4 Å². The first-order chi connectivity index (χ1) is 16.5. The Morgan fingerprint density at radius 3 is 2.44 bits per heavy atom. The van der Waals surface area contributed by atoms with Crippen molar-refractivity contribution in [2.75, 3.05) is 11.9 Å². The minimum atomic E-state index is -0.402. The summed E-state index contributed by atoms with van der Waals surface area (Å²) in [7, 11) is 0. The predicted molar refractivity (Wildman–Crippen MR) is 131 cm³/mol. The number of benzene rings is 3. The monoisotopic (exact) mass is 456 g/mol. The highest BCUT2D eigenvalue weighted by molar-refractivity contribution is 6.01. The molecule has 0 spiro atoms. The van der Waals surface area contributed by atoms with Crippen molar-refractivity contribution in [2.45, 2.75) is 13.8 Å². The van der Waals surface area contributed by atoms with Crippen LogP contribution in [0.15, 0.2) is 84.9 Å². The second-order valence-electron chi connectivity index (χ2n) is 8.09. The average molecular weight is 457 g/mol. The number of hydrogen-bond donors (Lipinski definition) is 1. The largest absolute Gasteiger partial charge is 0.462 e. The molecule has 0 saturated heterocycles. The summed E-state index contributed by atoms with van der Waals surface area (Å²) in [6.45, 7) is 4.50. The first-order valence-corrected chi connectivity index (χ1v) is 11.0. The molecule has 172 valence electrons. The van der Waals surface area contributed by atoms with Gasteiger partial charge in [0.05, 0.1) is 17.9 Å². The van der Waals surface area contributed by atoms with Gasteiger partial charge < -0.3 is 10.1 Å². The predicted octanol–water partition coefficient (Wildman–Crippen LogP) is 5.76.